The number of rotatable bonds is 16. The van der Waals surface area contributed by atoms with Crippen LogP contribution in [0.3, 0.4) is 0 Å². The number of carbonyl (C=O) groups is 1. The Labute approximate surface area is 224 Å². The third-order valence-electron chi connectivity index (χ3n) is 6.71. The van der Waals surface area contributed by atoms with Gasteiger partial charge in [-0.05, 0) is 55.0 Å². The molecule has 5 nitrogen and oxygen atoms in total. The summed E-state index contributed by atoms with van der Waals surface area (Å²) in [5.74, 6) is -1.68. The number of fused-ring (bicyclic) bond motifs is 1. The predicted octanol–water partition coefficient (Wildman–Crippen LogP) is 8.00. The monoisotopic (exact) mass is 524 g/mol. The molecule has 0 aliphatic rings. The molecule has 6 heteroatoms. The van der Waals surface area contributed by atoms with Gasteiger partial charge >= 0.3 is 5.97 Å². The van der Waals surface area contributed by atoms with Crippen LogP contribution in [0, 0.1) is 0 Å². The zero-order chi connectivity index (χ0) is 26.7. The van der Waals surface area contributed by atoms with Crippen molar-refractivity contribution in [3.05, 3.63) is 75.6 Å². The molecule has 0 unspecified atom stereocenters. The first-order valence-corrected chi connectivity index (χ1v) is 14.5. The maximum atomic E-state index is 12.3. The first kappa shape index (κ1) is 29.0. The van der Waals surface area contributed by atoms with Gasteiger partial charge in [-0.2, -0.15) is 0 Å². The van der Waals surface area contributed by atoms with Crippen molar-refractivity contribution in [2.45, 2.75) is 101 Å². The van der Waals surface area contributed by atoms with E-state index in [-0.39, 0.29) is 5.58 Å². The highest BCUT2D eigenvalue weighted by Gasteiger charge is 2.28. The van der Waals surface area contributed by atoms with Gasteiger partial charge in [-0.25, -0.2) is 4.79 Å². The van der Waals surface area contributed by atoms with Crippen LogP contribution in [0.2, 0.25) is 0 Å². The summed E-state index contributed by atoms with van der Waals surface area (Å²) in [4.78, 5) is 23.3. The Kier molecular flexibility index (Phi) is 11.3. The van der Waals surface area contributed by atoms with E-state index >= 15 is 0 Å². The summed E-state index contributed by atoms with van der Waals surface area (Å²) in [6, 6.07) is 14.6. The molecule has 0 saturated heterocycles. The number of aryl methyl sites for hydroxylation is 1. The Balaban J connectivity index is 1.66. The molecule has 0 bridgehead atoms. The van der Waals surface area contributed by atoms with Gasteiger partial charge in [0, 0.05) is 17.4 Å². The number of hydrogen-bond acceptors (Lipinski definition) is 5. The number of aliphatic hydroxyl groups is 1. The van der Waals surface area contributed by atoms with Gasteiger partial charge < -0.3 is 14.6 Å². The summed E-state index contributed by atoms with van der Waals surface area (Å²) in [5, 5.41) is 21.2. The molecule has 1 aromatic heterocycles. The molecule has 0 amide bonds. The van der Waals surface area contributed by atoms with E-state index in [1.54, 1.807) is 18.2 Å². The molecule has 2 N–H and O–H groups in total. The fourth-order valence-electron chi connectivity index (χ4n) is 4.58. The van der Waals surface area contributed by atoms with Crippen LogP contribution in [-0.2, 0) is 12.8 Å². The van der Waals surface area contributed by atoms with Crippen LogP contribution >= 0.6 is 11.8 Å². The molecule has 37 heavy (non-hydrogen) atoms. The summed E-state index contributed by atoms with van der Waals surface area (Å²) in [5.41, 5.74) is 2.23. The Morgan fingerprint density at radius 3 is 2.19 bits per heavy atom. The first-order chi connectivity index (χ1) is 17.8. The lowest BCUT2D eigenvalue weighted by atomic mass is 9.99. The molecule has 2 aromatic carbocycles. The largest absolute Gasteiger partial charge is 0.475 e. The molecule has 0 aliphatic heterocycles. The average Bonchev–Trinajstić information content (AvgIpc) is 2.87. The van der Waals surface area contributed by atoms with Crippen LogP contribution < -0.4 is 5.43 Å². The minimum Gasteiger partial charge on any atom is -0.475 e. The van der Waals surface area contributed by atoms with E-state index in [0.717, 1.165) is 35.8 Å². The molecule has 200 valence electrons. The van der Waals surface area contributed by atoms with Crippen LogP contribution in [0.1, 0.15) is 99.7 Å². The van der Waals surface area contributed by atoms with E-state index in [4.69, 9.17) is 4.42 Å². The molecule has 1 atom stereocenters. The number of benzene rings is 2. The van der Waals surface area contributed by atoms with E-state index in [9.17, 15) is 19.8 Å². The van der Waals surface area contributed by atoms with E-state index in [0.29, 0.717) is 18.2 Å². The standard InChI is InChI=1S/C31H40O5S/c1-3-5-7-8-9-10-11-12-23-13-15-24(16-14-23)22-31(35,19-6-4-2)37-25-17-18-26-27(32)21-29(30(33)34)36-28(26)20-25/h13-18,20-21,35H,3-12,19,22H2,1-2H3,(H,33,34)/t31-/m0/s1. The van der Waals surface area contributed by atoms with Crippen LogP contribution in [0.5, 0.6) is 0 Å². The zero-order valence-corrected chi connectivity index (χ0v) is 22.9. The molecule has 3 rings (SSSR count). The third kappa shape index (κ3) is 9.04. The van der Waals surface area contributed by atoms with Gasteiger partial charge in [0.15, 0.2) is 5.43 Å². The van der Waals surface area contributed by atoms with Crippen LogP contribution in [0.15, 0.2) is 62.6 Å². The van der Waals surface area contributed by atoms with Gasteiger partial charge in [-0.15, -0.1) is 0 Å². The van der Waals surface area contributed by atoms with Gasteiger partial charge in [-0.3, -0.25) is 4.79 Å². The smallest absolute Gasteiger partial charge is 0.371 e. The fraction of sp³-hybridized carbons (Fsp3) is 0.484. The average molecular weight is 525 g/mol. The highest BCUT2D eigenvalue weighted by atomic mass is 32.2. The Bertz CT molecular complexity index is 1200. The molecule has 3 aromatic rings. The van der Waals surface area contributed by atoms with Gasteiger partial charge in [0.1, 0.15) is 10.5 Å². The van der Waals surface area contributed by atoms with E-state index in [1.165, 1.54) is 62.3 Å². The third-order valence-corrected chi connectivity index (χ3v) is 7.93. The Hall–Kier alpha value is -2.57. The number of hydrogen-bond donors (Lipinski definition) is 2. The summed E-state index contributed by atoms with van der Waals surface area (Å²) >= 11 is 1.34. The van der Waals surface area contributed by atoms with Crippen molar-refractivity contribution >= 4 is 28.7 Å². The van der Waals surface area contributed by atoms with Crippen molar-refractivity contribution in [2.24, 2.45) is 0 Å². The first-order valence-electron chi connectivity index (χ1n) is 13.6. The molecule has 0 saturated carbocycles. The lowest BCUT2D eigenvalue weighted by Crippen LogP contribution is -2.27. The van der Waals surface area contributed by atoms with E-state index in [1.807, 2.05) is 0 Å². The van der Waals surface area contributed by atoms with Crippen molar-refractivity contribution in [2.75, 3.05) is 0 Å². The van der Waals surface area contributed by atoms with Crippen LogP contribution in [0.25, 0.3) is 11.0 Å². The SMILES string of the molecule is CCCCCCCCCc1ccc(C[C@](O)(CCCC)Sc2ccc3c(=O)cc(C(=O)O)oc3c2)cc1. The predicted molar refractivity (Wildman–Crippen MR) is 152 cm³/mol. The molecule has 0 fully saturated rings. The Morgan fingerprint density at radius 2 is 1.51 bits per heavy atom. The maximum Gasteiger partial charge on any atom is 0.371 e. The number of thioether (sulfide) groups is 1. The Morgan fingerprint density at radius 1 is 0.865 bits per heavy atom. The maximum absolute atomic E-state index is 12.3. The summed E-state index contributed by atoms with van der Waals surface area (Å²) in [6.07, 6.45) is 13.2. The second-order valence-electron chi connectivity index (χ2n) is 9.95. The number of carboxylic acid groups (broad SMARTS) is 1. The van der Waals surface area contributed by atoms with Gasteiger partial charge in [0.2, 0.25) is 5.76 Å². The molecule has 0 spiro atoms. The molecule has 0 radical (unpaired) electrons. The van der Waals surface area contributed by atoms with Gasteiger partial charge in [0.25, 0.3) is 0 Å². The highest BCUT2D eigenvalue weighted by Crippen LogP contribution is 2.38. The molecule has 1 heterocycles. The lowest BCUT2D eigenvalue weighted by molar-refractivity contribution is 0.0663. The quantitative estimate of drug-likeness (QED) is 0.112. The zero-order valence-electron chi connectivity index (χ0n) is 22.1. The number of carboxylic acids is 1. The minimum absolute atomic E-state index is 0.211. The second kappa shape index (κ2) is 14.4. The summed E-state index contributed by atoms with van der Waals surface area (Å²) < 4.78 is 5.44. The van der Waals surface area contributed by atoms with Crippen molar-refractivity contribution in [3.63, 3.8) is 0 Å². The van der Waals surface area contributed by atoms with Crippen LogP contribution in [-0.4, -0.2) is 21.1 Å². The van der Waals surface area contributed by atoms with Gasteiger partial charge in [0.05, 0.1) is 5.39 Å². The minimum atomic E-state index is -1.29. The summed E-state index contributed by atoms with van der Waals surface area (Å²) in [7, 11) is 0. The summed E-state index contributed by atoms with van der Waals surface area (Å²) in [6.45, 7) is 4.34. The van der Waals surface area contributed by atoms with E-state index < -0.39 is 22.1 Å². The molecular formula is C31H40O5S. The van der Waals surface area contributed by atoms with Crippen LogP contribution in [0.4, 0.5) is 0 Å². The molecule has 0 aliphatic carbocycles. The normalized spacial score (nSPS) is 13.1. The van der Waals surface area contributed by atoms with Crippen molar-refractivity contribution < 1.29 is 19.4 Å². The topological polar surface area (TPSA) is 87.7 Å². The van der Waals surface area contributed by atoms with Crippen molar-refractivity contribution in [1.29, 1.82) is 0 Å². The number of unbranched alkanes of at least 4 members (excludes halogenated alkanes) is 7. The van der Waals surface area contributed by atoms with E-state index in [2.05, 4.69) is 38.1 Å². The second-order valence-corrected chi connectivity index (χ2v) is 11.4. The molecular weight excluding hydrogens is 484 g/mol. The fourth-order valence-corrected chi connectivity index (χ4v) is 5.81. The van der Waals surface area contributed by atoms with Crippen molar-refractivity contribution in [1.82, 2.24) is 0 Å². The highest BCUT2D eigenvalue weighted by molar-refractivity contribution is 8.00. The van der Waals surface area contributed by atoms with Gasteiger partial charge in [-0.1, -0.05) is 94.8 Å². The lowest BCUT2D eigenvalue weighted by Gasteiger charge is -2.28. The van der Waals surface area contributed by atoms with Crippen molar-refractivity contribution in [3.8, 4) is 0 Å². The number of aromatic carboxylic acids is 1.